The number of rotatable bonds is 4. The van der Waals surface area contributed by atoms with Crippen molar-refractivity contribution in [2.75, 3.05) is 13.1 Å². The van der Waals surface area contributed by atoms with Crippen molar-refractivity contribution in [1.82, 2.24) is 14.8 Å². The lowest BCUT2D eigenvalue weighted by Gasteiger charge is -2.35. The molecule has 2 amide bonds. The summed E-state index contributed by atoms with van der Waals surface area (Å²) in [5, 5.41) is 2.83. The highest BCUT2D eigenvalue weighted by Gasteiger charge is 2.35. The van der Waals surface area contributed by atoms with Crippen LogP contribution in [-0.4, -0.2) is 40.4 Å². The second kappa shape index (κ2) is 7.78. The molecule has 1 aromatic heterocycles. The van der Waals surface area contributed by atoms with Crippen LogP contribution in [0.25, 0.3) is 0 Å². The molecule has 1 aliphatic rings. The van der Waals surface area contributed by atoms with Crippen molar-refractivity contribution in [1.29, 1.82) is 0 Å². The maximum atomic E-state index is 13.3. The molecule has 142 valence electrons. The van der Waals surface area contributed by atoms with E-state index in [2.05, 4.69) is 5.32 Å². The fourth-order valence-electron chi connectivity index (χ4n) is 3.72. The molecule has 6 heteroatoms. The van der Waals surface area contributed by atoms with E-state index < -0.39 is 6.04 Å². The second-order valence-electron chi connectivity index (χ2n) is 6.89. The first kappa shape index (κ1) is 18.9. The zero-order valence-corrected chi connectivity index (χ0v) is 16.0. The molecule has 27 heavy (non-hydrogen) atoms. The van der Waals surface area contributed by atoms with Gasteiger partial charge in [-0.3, -0.25) is 14.4 Å². The fourth-order valence-corrected chi connectivity index (χ4v) is 3.72. The van der Waals surface area contributed by atoms with Gasteiger partial charge in [0.25, 0.3) is 11.5 Å². The highest BCUT2D eigenvalue weighted by atomic mass is 16.2. The number of pyridine rings is 1. The number of carbonyl (C=O) groups excluding carboxylic acids is 2. The van der Waals surface area contributed by atoms with Gasteiger partial charge in [-0.2, -0.15) is 0 Å². The summed E-state index contributed by atoms with van der Waals surface area (Å²) >= 11 is 0. The summed E-state index contributed by atoms with van der Waals surface area (Å²) < 4.78 is 1.59. The smallest absolute Gasteiger partial charge is 0.263 e. The Morgan fingerprint density at radius 2 is 1.89 bits per heavy atom. The minimum Gasteiger partial charge on any atom is -0.353 e. The van der Waals surface area contributed by atoms with Crippen LogP contribution < -0.4 is 10.9 Å². The van der Waals surface area contributed by atoms with Crippen molar-refractivity contribution < 1.29 is 9.59 Å². The van der Waals surface area contributed by atoms with Gasteiger partial charge in [-0.1, -0.05) is 30.3 Å². The number of hydrogen-bond acceptors (Lipinski definition) is 3. The van der Waals surface area contributed by atoms with Crippen LogP contribution in [-0.2, 0) is 17.8 Å². The Hall–Kier alpha value is -2.89. The van der Waals surface area contributed by atoms with Gasteiger partial charge in [-0.15, -0.1) is 0 Å². The third-order valence-electron chi connectivity index (χ3n) is 5.10. The van der Waals surface area contributed by atoms with Gasteiger partial charge in [0.05, 0.1) is 0 Å². The molecule has 0 bridgehead atoms. The zero-order chi connectivity index (χ0) is 19.6. The van der Waals surface area contributed by atoms with E-state index in [1.807, 2.05) is 50.2 Å². The van der Waals surface area contributed by atoms with Gasteiger partial charge in [0, 0.05) is 31.7 Å². The van der Waals surface area contributed by atoms with Gasteiger partial charge in [0.2, 0.25) is 5.91 Å². The maximum absolute atomic E-state index is 13.3. The Morgan fingerprint density at radius 1 is 1.19 bits per heavy atom. The predicted molar refractivity (Wildman–Crippen MR) is 104 cm³/mol. The van der Waals surface area contributed by atoms with Crippen LogP contribution in [0.2, 0.25) is 0 Å². The Labute approximate surface area is 158 Å². The Morgan fingerprint density at radius 3 is 2.56 bits per heavy atom. The summed E-state index contributed by atoms with van der Waals surface area (Å²) in [6.45, 7) is 6.80. The molecule has 1 aromatic carbocycles. The number of hydrogen-bond donors (Lipinski definition) is 1. The Kier molecular flexibility index (Phi) is 5.44. The molecule has 1 fully saturated rings. The Balaban J connectivity index is 1.99. The molecule has 0 spiro atoms. The van der Waals surface area contributed by atoms with Crippen LogP contribution in [0.3, 0.4) is 0 Å². The molecule has 0 aliphatic carbocycles. The average molecular weight is 367 g/mol. The molecule has 1 unspecified atom stereocenters. The van der Waals surface area contributed by atoms with Gasteiger partial charge in [-0.25, -0.2) is 0 Å². The van der Waals surface area contributed by atoms with E-state index in [1.54, 1.807) is 16.4 Å². The van der Waals surface area contributed by atoms with Gasteiger partial charge in [0.1, 0.15) is 11.6 Å². The number of piperazine rings is 1. The molecular formula is C21H25N3O3. The minimum atomic E-state index is -0.621. The summed E-state index contributed by atoms with van der Waals surface area (Å²) in [7, 11) is 0. The van der Waals surface area contributed by atoms with E-state index in [0.717, 1.165) is 11.3 Å². The van der Waals surface area contributed by atoms with Gasteiger partial charge in [-0.05, 0) is 38.0 Å². The summed E-state index contributed by atoms with van der Waals surface area (Å²) in [6, 6.07) is 10.8. The highest BCUT2D eigenvalue weighted by molar-refractivity contribution is 5.99. The quantitative estimate of drug-likeness (QED) is 0.894. The van der Waals surface area contributed by atoms with E-state index in [9.17, 15) is 14.4 Å². The van der Waals surface area contributed by atoms with Gasteiger partial charge in [0.15, 0.2) is 0 Å². The summed E-state index contributed by atoms with van der Waals surface area (Å²) in [5.74, 6) is -0.547. The molecule has 6 nitrogen and oxygen atoms in total. The van der Waals surface area contributed by atoms with Crippen molar-refractivity contribution in [3.8, 4) is 0 Å². The number of nitrogens with one attached hydrogen (secondary N) is 1. The standard InChI is InChI=1S/C21H25N3O3/c1-4-23-15(3)12-14(2)18(20(23)26)21(27)24-11-10-22-19(25)17(24)13-16-8-6-5-7-9-16/h5-9,12,17H,4,10-11,13H2,1-3H3,(H,22,25). The third kappa shape index (κ3) is 3.65. The maximum Gasteiger partial charge on any atom is 0.263 e. The molecule has 0 saturated carbocycles. The van der Waals surface area contributed by atoms with Crippen molar-refractivity contribution in [3.63, 3.8) is 0 Å². The molecule has 1 saturated heterocycles. The molecular weight excluding hydrogens is 342 g/mol. The largest absolute Gasteiger partial charge is 0.353 e. The van der Waals surface area contributed by atoms with Crippen molar-refractivity contribution in [2.24, 2.45) is 0 Å². The summed E-state index contributed by atoms with van der Waals surface area (Å²) in [6.07, 6.45) is 0.422. The molecule has 1 atom stereocenters. The number of amides is 2. The van der Waals surface area contributed by atoms with E-state index in [1.165, 1.54) is 0 Å². The highest BCUT2D eigenvalue weighted by Crippen LogP contribution is 2.17. The monoisotopic (exact) mass is 367 g/mol. The van der Waals surface area contributed by atoms with Crippen molar-refractivity contribution in [2.45, 2.75) is 39.8 Å². The second-order valence-corrected chi connectivity index (χ2v) is 6.89. The number of benzene rings is 1. The lowest BCUT2D eigenvalue weighted by atomic mass is 10.00. The SMILES string of the molecule is CCn1c(C)cc(C)c(C(=O)N2CCNC(=O)C2Cc2ccccc2)c1=O. The topological polar surface area (TPSA) is 71.4 Å². The molecule has 1 aliphatic heterocycles. The first-order chi connectivity index (χ1) is 12.9. The molecule has 3 rings (SSSR count). The Bertz CT molecular complexity index is 918. The first-order valence-electron chi connectivity index (χ1n) is 9.27. The van der Waals surface area contributed by atoms with E-state index in [0.29, 0.717) is 31.6 Å². The number of nitrogens with zero attached hydrogens (tertiary/aromatic N) is 2. The molecule has 0 radical (unpaired) electrons. The van der Waals surface area contributed by atoms with Crippen LogP contribution in [0.4, 0.5) is 0 Å². The summed E-state index contributed by atoms with van der Waals surface area (Å²) in [4.78, 5) is 40.2. The number of carbonyl (C=O) groups is 2. The van der Waals surface area contributed by atoms with Crippen molar-refractivity contribution >= 4 is 11.8 Å². The number of aryl methyl sites for hydroxylation is 2. The number of aromatic nitrogens is 1. The molecule has 1 N–H and O–H groups in total. The minimum absolute atomic E-state index is 0.162. The van der Waals surface area contributed by atoms with Crippen LogP contribution in [0.5, 0.6) is 0 Å². The predicted octanol–water partition coefficient (Wildman–Crippen LogP) is 1.67. The van der Waals surface area contributed by atoms with E-state index in [-0.39, 0.29) is 22.9 Å². The zero-order valence-electron chi connectivity index (χ0n) is 16.0. The lowest BCUT2D eigenvalue weighted by Crippen LogP contribution is -2.58. The van der Waals surface area contributed by atoms with Crippen LogP contribution >= 0.6 is 0 Å². The van der Waals surface area contributed by atoms with Gasteiger partial charge < -0.3 is 14.8 Å². The lowest BCUT2D eigenvalue weighted by molar-refractivity contribution is -0.127. The van der Waals surface area contributed by atoms with Crippen LogP contribution in [0.1, 0.15) is 34.1 Å². The van der Waals surface area contributed by atoms with Gasteiger partial charge >= 0.3 is 0 Å². The fraction of sp³-hybridized carbons (Fsp3) is 0.381. The summed E-state index contributed by atoms with van der Waals surface area (Å²) in [5.41, 5.74) is 2.33. The first-order valence-corrected chi connectivity index (χ1v) is 9.27. The van der Waals surface area contributed by atoms with Crippen LogP contribution in [0, 0.1) is 13.8 Å². The third-order valence-corrected chi connectivity index (χ3v) is 5.10. The molecule has 2 heterocycles. The van der Waals surface area contributed by atoms with E-state index >= 15 is 0 Å². The average Bonchev–Trinajstić information content (AvgIpc) is 2.64. The molecule has 2 aromatic rings. The van der Waals surface area contributed by atoms with E-state index in [4.69, 9.17) is 0 Å². The van der Waals surface area contributed by atoms with Crippen molar-refractivity contribution in [3.05, 3.63) is 69.1 Å². The van der Waals surface area contributed by atoms with Crippen LogP contribution in [0.15, 0.2) is 41.2 Å². The normalized spacial score (nSPS) is 16.9.